The van der Waals surface area contributed by atoms with E-state index in [9.17, 15) is 21.6 Å². The lowest BCUT2D eigenvalue weighted by Crippen LogP contribution is -2.28. The number of aromatic carboxylic acids is 1. The van der Waals surface area contributed by atoms with Crippen LogP contribution in [0.25, 0.3) is 0 Å². The average molecular weight is 320 g/mol. The Morgan fingerprint density at radius 3 is 2.35 bits per heavy atom. The Balaban J connectivity index is 2.93. The van der Waals surface area contributed by atoms with E-state index < -0.39 is 42.0 Å². The van der Waals surface area contributed by atoms with Crippen LogP contribution in [0.1, 0.15) is 15.9 Å². The second-order valence-electron chi connectivity index (χ2n) is 4.29. The highest BCUT2D eigenvalue weighted by molar-refractivity contribution is 7.98. The third-order valence-electron chi connectivity index (χ3n) is 3.01. The fourth-order valence-electron chi connectivity index (χ4n) is 2.11. The monoisotopic (exact) mass is 320 g/mol. The van der Waals surface area contributed by atoms with E-state index in [-0.39, 0.29) is 22.6 Å². The molecule has 0 bridgehead atoms. The van der Waals surface area contributed by atoms with Crippen LogP contribution in [0.4, 0.5) is 0 Å². The highest BCUT2D eigenvalue weighted by Gasteiger charge is 2.37. The van der Waals surface area contributed by atoms with Gasteiger partial charge in [-0.05, 0) is 12.1 Å². The zero-order chi connectivity index (χ0) is 15.1. The van der Waals surface area contributed by atoms with Crippen LogP contribution in [-0.2, 0) is 31.0 Å². The third kappa shape index (κ3) is 2.32. The van der Waals surface area contributed by atoms with E-state index in [0.717, 1.165) is 12.1 Å². The first-order valence-electron chi connectivity index (χ1n) is 5.54. The highest BCUT2D eigenvalue weighted by Crippen LogP contribution is 2.33. The van der Waals surface area contributed by atoms with Gasteiger partial charge in [-0.2, -0.15) is 0 Å². The Morgan fingerprint density at radius 2 is 1.80 bits per heavy atom. The van der Waals surface area contributed by atoms with Crippen LogP contribution in [0.3, 0.4) is 0 Å². The van der Waals surface area contributed by atoms with Crippen molar-refractivity contribution in [3.63, 3.8) is 0 Å². The molecule has 0 atom stereocenters. The highest BCUT2D eigenvalue weighted by atomic mass is 32.2. The number of benzene rings is 1. The molecule has 1 heterocycles. The van der Waals surface area contributed by atoms with Gasteiger partial charge in [-0.3, -0.25) is 0 Å². The number of methoxy groups -OCH3 is 1. The molecular formula is C11H12O7S2. The molecule has 0 radical (unpaired) electrons. The zero-order valence-electron chi connectivity index (χ0n) is 10.5. The molecule has 0 aliphatic carbocycles. The molecule has 110 valence electrons. The molecular weight excluding hydrogens is 308 g/mol. The number of hydrogen-bond donors (Lipinski definition) is 1. The molecule has 2 rings (SSSR count). The van der Waals surface area contributed by atoms with E-state index in [1.807, 2.05) is 0 Å². The van der Waals surface area contributed by atoms with Gasteiger partial charge in [-0.25, -0.2) is 21.6 Å². The molecule has 0 unspecified atom stereocenters. The second-order valence-corrected chi connectivity index (χ2v) is 8.42. The standard InChI is InChI=1S/C11H12O7S2/c1-18-6-8-7(11(12)13)2-3-9-10(8)20(16,17)5-4-19(9,14)15/h2-3H,4-6H2,1H3,(H,12,13). The van der Waals surface area contributed by atoms with Crippen LogP contribution < -0.4 is 0 Å². The number of carboxylic acid groups (broad SMARTS) is 1. The normalized spacial score (nSPS) is 19.2. The van der Waals surface area contributed by atoms with Crippen molar-refractivity contribution in [3.8, 4) is 0 Å². The van der Waals surface area contributed by atoms with Crippen LogP contribution in [-0.4, -0.2) is 46.5 Å². The van der Waals surface area contributed by atoms with Gasteiger partial charge in [0.25, 0.3) is 0 Å². The molecule has 9 heteroatoms. The lowest BCUT2D eigenvalue weighted by atomic mass is 10.1. The summed E-state index contributed by atoms with van der Waals surface area (Å²) in [4.78, 5) is 10.4. The zero-order valence-corrected chi connectivity index (χ0v) is 12.1. The summed E-state index contributed by atoms with van der Waals surface area (Å²) in [5, 5.41) is 9.09. The molecule has 0 saturated carbocycles. The number of rotatable bonds is 3. The van der Waals surface area contributed by atoms with Gasteiger partial charge in [0.2, 0.25) is 0 Å². The first-order chi connectivity index (χ1) is 9.20. The predicted octanol–water partition coefficient (Wildman–Crippen LogP) is 0.0922. The Labute approximate surface area is 116 Å². The number of carbonyl (C=O) groups is 1. The van der Waals surface area contributed by atoms with E-state index in [1.54, 1.807) is 0 Å². The molecule has 1 aromatic rings. The molecule has 0 saturated heterocycles. The van der Waals surface area contributed by atoms with Crippen molar-refractivity contribution in [2.24, 2.45) is 0 Å². The summed E-state index contributed by atoms with van der Waals surface area (Å²) in [5.74, 6) is -2.39. The van der Waals surface area contributed by atoms with Gasteiger partial charge in [0.1, 0.15) is 0 Å². The number of ether oxygens (including phenoxy) is 1. The quantitative estimate of drug-likeness (QED) is 0.839. The van der Waals surface area contributed by atoms with Crippen LogP contribution >= 0.6 is 0 Å². The Morgan fingerprint density at radius 1 is 1.20 bits per heavy atom. The summed E-state index contributed by atoms with van der Waals surface area (Å²) >= 11 is 0. The van der Waals surface area contributed by atoms with Gasteiger partial charge in [0.05, 0.1) is 33.5 Å². The summed E-state index contributed by atoms with van der Waals surface area (Å²) in [7, 11) is -6.30. The van der Waals surface area contributed by atoms with E-state index in [2.05, 4.69) is 0 Å². The molecule has 1 aliphatic heterocycles. The minimum absolute atomic E-state index is 0.124. The number of hydrogen-bond acceptors (Lipinski definition) is 6. The molecule has 0 fully saturated rings. The smallest absolute Gasteiger partial charge is 0.336 e. The average Bonchev–Trinajstić information content (AvgIpc) is 2.35. The van der Waals surface area contributed by atoms with Crippen LogP contribution in [0, 0.1) is 0 Å². The summed E-state index contributed by atoms with van der Waals surface area (Å²) in [6, 6.07) is 2.12. The minimum Gasteiger partial charge on any atom is -0.478 e. The van der Waals surface area contributed by atoms with Crippen LogP contribution in [0.5, 0.6) is 0 Å². The van der Waals surface area contributed by atoms with E-state index in [4.69, 9.17) is 9.84 Å². The maximum atomic E-state index is 12.1. The fourth-order valence-corrected chi connectivity index (χ4v) is 6.65. The Hall–Kier alpha value is -1.45. The number of fused-ring (bicyclic) bond motifs is 1. The Bertz CT molecular complexity index is 775. The predicted molar refractivity (Wildman–Crippen MR) is 68.2 cm³/mol. The number of sulfone groups is 2. The largest absolute Gasteiger partial charge is 0.478 e. The van der Waals surface area contributed by atoms with Crippen molar-refractivity contribution in [2.75, 3.05) is 18.6 Å². The Kier molecular flexibility index (Phi) is 3.61. The molecule has 1 N–H and O–H groups in total. The summed E-state index contributed by atoms with van der Waals surface area (Å²) < 4.78 is 53.0. The SMILES string of the molecule is COCc1c(C(=O)O)ccc2c1S(=O)(=O)CCS2(=O)=O. The molecule has 1 aliphatic rings. The van der Waals surface area contributed by atoms with Gasteiger partial charge in [-0.1, -0.05) is 0 Å². The first-order valence-corrected chi connectivity index (χ1v) is 8.85. The topological polar surface area (TPSA) is 115 Å². The number of carboxylic acids is 1. The lowest BCUT2D eigenvalue weighted by Gasteiger charge is -2.21. The van der Waals surface area contributed by atoms with E-state index >= 15 is 0 Å². The van der Waals surface area contributed by atoms with Crippen molar-refractivity contribution in [1.82, 2.24) is 0 Å². The lowest BCUT2D eigenvalue weighted by molar-refractivity contribution is 0.0691. The molecule has 0 aromatic heterocycles. The van der Waals surface area contributed by atoms with Crippen molar-refractivity contribution in [2.45, 2.75) is 16.4 Å². The van der Waals surface area contributed by atoms with Gasteiger partial charge in [0, 0.05) is 12.7 Å². The molecule has 1 aromatic carbocycles. The van der Waals surface area contributed by atoms with Crippen molar-refractivity contribution < 1.29 is 31.5 Å². The fraction of sp³-hybridized carbons (Fsp3) is 0.364. The van der Waals surface area contributed by atoms with E-state index in [1.165, 1.54) is 7.11 Å². The third-order valence-corrected chi connectivity index (χ3v) is 6.98. The maximum absolute atomic E-state index is 12.1. The van der Waals surface area contributed by atoms with Gasteiger partial charge in [-0.15, -0.1) is 0 Å². The summed E-state index contributed by atoms with van der Waals surface area (Å²) in [6.45, 7) is -0.292. The van der Waals surface area contributed by atoms with Crippen molar-refractivity contribution >= 4 is 25.6 Å². The van der Waals surface area contributed by atoms with Gasteiger partial charge >= 0.3 is 5.97 Å². The molecule has 0 spiro atoms. The van der Waals surface area contributed by atoms with Crippen LogP contribution in [0.15, 0.2) is 21.9 Å². The second kappa shape index (κ2) is 4.83. The molecule has 7 nitrogen and oxygen atoms in total. The minimum atomic E-state index is -3.84. The van der Waals surface area contributed by atoms with Crippen LogP contribution in [0.2, 0.25) is 0 Å². The molecule has 0 amide bonds. The first kappa shape index (κ1) is 14.9. The summed E-state index contributed by atoms with van der Waals surface area (Å²) in [5.41, 5.74) is -0.396. The van der Waals surface area contributed by atoms with Crippen molar-refractivity contribution in [1.29, 1.82) is 0 Å². The summed E-state index contributed by atoms with van der Waals surface area (Å²) in [6.07, 6.45) is 0. The van der Waals surface area contributed by atoms with Gasteiger partial charge in [0.15, 0.2) is 19.7 Å². The van der Waals surface area contributed by atoms with Gasteiger partial charge < -0.3 is 9.84 Å². The van der Waals surface area contributed by atoms with Crippen molar-refractivity contribution in [3.05, 3.63) is 23.3 Å². The molecule has 20 heavy (non-hydrogen) atoms. The van der Waals surface area contributed by atoms with E-state index in [0.29, 0.717) is 0 Å². The maximum Gasteiger partial charge on any atom is 0.336 e.